The Morgan fingerprint density at radius 1 is 1.08 bits per heavy atom. The van der Waals surface area contributed by atoms with Crippen LogP contribution in [-0.4, -0.2) is 43.2 Å². The number of fused-ring (bicyclic) bond motifs is 1. The lowest BCUT2D eigenvalue weighted by Crippen LogP contribution is -2.35. The standard InChI is InChI=1S/C23H22N2O9S2/c1-30-19-13-20(31-2)22(35-34-33-26)12-17(19)21-14-24-23(32-21)16-8-10-25(9-5-11-36(27,28)29)18-7-4-3-6-15(16)18/h3-4,6-8,10,12-14H,5,9,11H2,1-2H3,(H-,26,27,28,29)/p+1. The minimum Gasteiger partial charge on any atom is -0.496 e. The highest BCUT2D eigenvalue weighted by molar-refractivity contribution is 7.94. The Labute approximate surface area is 211 Å². The van der Waals surface area contributed by atoms with Crippen molar-refractivity contribution in [1.82, 2.24) is 4.98 Å². The second kappa shape index (κ2) is 11.2. The van der Waals surface area contributed by atoms with Gasteiger partial charge in [0.1, 0.15) is 18.0 Å². The van der Waals surface area contributed by atoms with Crippen LogP contribution in [0.3, 0.4) is 0 Å². The smallest absolute Gasteiger partial charge is 0.265 e. The highest BCUT2D eigenvalue weighted by atomic mass is 32.2. The number of nitrogens with zero attached hydrogens (tertiary/aromatic N) is 2. The summed E-state index contributed by atoms with van der Waals surface area (Å²) in [6.07, 6.45) is 3.65. The van der Waals surface area contributed by atoms with E-state index in [9.17, 15) is 8.42 Å². The molecule has 2 aromatic heterocycles. The number of oxazole rings is 1. The predicted octanol–water partition coefficient (Wildman–Crippen LogP) is 4.17. The van der Waals surface area contributed by atoms with E-state index >= 15 is 0 Å². The van der Waals surface area contributed by atoms with Gasteiger partial charge in [-0.15, -0.1) is 4.33 Å². The minimum atomic E-state index is -4.03. The van der Waals surface area contributed by atoms with Gasteiger partial charge in [0.05, 0.1) is 59.6 Å². The summed E-state index contributed by atoms with van der Waals surface area (Å²) in [7, 11) is -1.02. The van der Waals surface area contributed by atoms with Crippen molar-refractivity contribution in [3.63, 3.8) is 0 Å². The molecule has 11 nitrogen and oxygen atoms in total. The number of rotatable bonds is 11. The summed E-state index contributed by atoms with van der Waals surface area (Å²) < 4.78 is 54.6. The molecule has 0 fully saturated rings. The number of pyridine rings is 1. The fourth-order valence-corrected chi connectivity index (χ4v) is 4.78. The van der Waals surface area contributed by atoms with Crippen LogP contribution in [-0.2, 0) is 26.0 Å². The molecule has 0 radical (unpaired) electrons. The molecule has 0 atom stereocenters. The zero-order valence-electron chi connectivity index (χ0n) is 19.3. The molecule has 4 aromatic rings. The van der Waals surface area contributed by atoms with E-state index in [0.717, 1.165) is 28.5 Å². The molecule has 0 amide bonds. The normalized spacial score (nSPS) is 11.7. The monoisotopic (exact) mass is 535 g/mol. The Kier molecular flexibility index (Phi) is 8.08. The number of hydrogen-bond acceptors (Lipinski definition) is 10. The van der Waals surface area contributed by atoms with Crippen molar-refractivity contribution in [3.8, 4) is 34.3 Å². The average Bonchev–Trinajstić information content (AvgIpc) is 3.36. The molecule has 0 aliphatic heterocycles. The van der Waals surface area contributed by atoms with Crippen molar-refractivity contribution >= 4 is 33.1 Å². The van der Waals surface area contributed by atoms with E-state index in [2.05, 4.69) is 14.4 Å². The molecule has 0 aliphatic rings. The summed E-state index contributed by atoms with van der Waals surface area (Å²) in [6.45, 7) is 0.403. The first kappa shape index (κ1) is 25.9. The first-order valence-corrected chi connectivity index (χ1v) is 12.9. The fourth-order valence-electron chi connectivity index (χ4n) is 3.79. The lowest BCUT2D eigenvalue weighted by Gasteiger charge is -2.12. The maximum Gasteiger partial charge on any atom is 0.265 e. The number of ether oxygens (including phenoxy) is 2. The maximum atomic E-state index is 11.1. The molecule has 2 heterocycles. The summed E-state index contributed by atoms with van der Waals surface area (Å²) in [5, 5.41) is 13.1. The van der Waals surface area contributed by atoms with Gasteiger partial charge in [-0.1, -0.05) is 17.2 Å². The van der Waals surface area contributed by atoms with Gasteiger partial charge >= 0.3 is 0 Å². The van der Waals surface area contributed by atoms with E-state index in [0.29, 0.717) is 40.2 Å². The van der Waals surface area contributed by atoms with Gasteiger partial charge in [0.25, 0.3) is 10.1 Å². The molecular formula is C23H23N2O9S2+. The molecule has 0 saturated heterocycles. The van der Waals surface area contributed by atoms with Crippen molar-refractivity contribution in [2.24, 2.45) is 0 Å². The fraction of sp³-hybridized carbons (Fsp3) is 0.217. The highest BCUT2D eigenvalue weighted by Crippen LogP contribution is 2.41. The van der Waals surface area contributed by atoms with Crippen LogP contribution in [0.15, 0.2) is 64.2 Å². The summed E-state index contributed by atoms with van der Waals surface area (Å²) in [5.74, 6) is 1.38. The SMILES string of the molecule is COc1cc(OC)c(-c2cnc(-c3cc[n+](CCCS(=O)(=O)O)c4ccccc34)o2)cc1SOOO. The van der Waals surface area contributed by atoms with Gasteiger partial charge in [-0.05, 0) is 12.1 Å². The van der Waals surface area contributed by atoms with Crippen molar-refractivity contribution in [2.75, 3.05) is 20.0 Å². The van der Waals surface area contributed by atoms with Gasteiger partial charge in [-0.3, -0.25) is 4.55 Å². The summed E-state index contributed by atoms with van der Waals surface area (Å²) >= 11 is 0.743. The van der Waals surface area contributed by atoms with E-state index in [4.69, 9.17) is 23.7 Å². The zero-order valence-corrected chi connectivity index (χ0v) is 20.9. The number of hydrogen-bond donors (Lipinski definition) is 2. The molecule has 0 aliphatic carbocycles. The van der Waals surface area contributed by atoms with Crippen LogP contribution in [0.2, 0.25) is 0 Å². The summed E-state index contributed by atoms with van der Waals surface area (Å²) in [6, 6.07) is 12.8. The lowest BCUT2D eigenvalue weighted by atomic mass is 10.1. The number of aryl methyl sites for hydroxylation is 1. The number of methoxy groups -OCH3 is 2. The molecule has 4 rings (SSSR count). The van der Waals surface area contributed by atoms with E-state index in [1.54, 1.807) is 18.3 Å². The molecule has 2 aromatic carbocycles. The Bertz CT molecular complexity index is 1470. The Hall–Kier alpha value is -3.20. The molecule has 190 valence electrons. The minimum absolute atomic E-state index is 0.263. The van der Waals surface area contributed by atoms with Gasteiger partial charge in [-0.25, -0.2) is 10.2 Å². The Morgan fingerprint density at radius 3 is 2.58 bits per heavy atom. The molecule has 0 unspecified atom stereocenters. The maximum absolute atomic E-state index is 11.1. The molecule has 0 bridgehead atoms. The quantitative estimate of drug-likeness (QED) is 0.0939. The van der Waals surface area contributed by atoms with Gasteiger partial charge in [0.15, 0.2) is 12.0 Å². The molecule has 0 spiro atoms. The van der Waals surface area contributed by atoms with Crippen LogP contribution >= 0.6 is 12.0 Å². The molecule has 36 heavy (non-hydrogen) atoms. The first-order valence-electron chi connectivity index (χ1n) is 10.6. The van der Waals surface area contributed by atoms with Crippen LogP contribution < -0.4 is 14.0 Å². The first-order chi connectivity index (χ1) is 17.3. The largest absolute Gasteiger partial charge is 0.496 e. The van der Waals surface area contributed by atoms with Crippen LogP contribution in [0.5, 0.6) is 11.5 Å². The van der Waals surface area contributed by atoms with Crippen molar-refractivity contribution in [1.29, 1.82) is 0 Å². The molecule has 2 N–H and O–H groups in total. The molecule has 13 heteroatoms. The van der Waals surface area contributed by atoms with Crippen molar-refractivity contribution < 1.29 is 46.1 Å². The summed E-state index contributed by atoms with van der Waals surface area (Å²) in [5.41, 5.74) is 2.16. The second-order valence-electron chi connectivity index (χ2n) is 7.54. The number of para-hydroxylation sites is 1. The number of aromatic nitrogens is 2. The third kappa shape index (κ3) is 5.78. The van der Waals surface area contributed by atoms with Crippen LogP contribution in [0.25, 0.3) is 33.7 Å². The van der Waals surface area contributed by atoms with Crippen molar-refractivity contribution in [3.05, 3.63) is 54.9 Å². The molecular weight excluding hydrogens is 512 g/mol. The van der Waals surface area contributed by atoms with Gasteiger partial charge in [0, 0.05) is 24.6 Å². The van der Waals surface area contributed by atoms with E-state index in [1.165, 1.54) is 14.2 Å². The van der Waals surface area contributed by atoms with Crippen molar-refractivity contribution in [2.45, 2.75) is 17.9 Å². The van der Waals surface area contributed by atoms with E-state index < -0.39 is 10.1 Å². The Morgan fingerprint density at radius 2 is 1.86 bits per heavy atom. The third-order valence-electron chi connectivity index (χ3n) is 5.37. The summed E-state index contributed by atoms with van der Waals surface area (Å²) in [4.78, 5) is 4.97. The predicted molar refractivity (Wildman–Crippen MR) is 130 cm³/mol. The average molecular weight is 536 g/mol. The second-order valence-corrected chi connectivity index (χ2v) is 9.85. The third-order valence-corrected chi connectivity index (χ3v) is 6.80. The lowest BCUT2D eigenvalue weighted by molar-refractivity contribution is -0.671. The van der Waals surface area contributed by atoms with Crippen LogP contribution in [0.4, 0.5) is 0 Å². The van der Waals surface area contributed by atoms with Crippen LogP contribution in [0.1, 0.15) is 6.42 Å². The highest BCUT2D eigenvalue weighted by Gasteiger charge is 2.21. The number of benzene rings is 2. The van der Waals surface area contributed by atoms with Gasteiger partial charge < -0.3 is 13.9 Å². The zero-order chi connectivity index (χ0) is 25.7. The van der Waals surface area contributed by atoms with E-state index in [1.807, 2.05) is 41.1 Å². The van der Waals surface area contributed by atoms with Crippen LogP contribution in [0, 0.1) is 0 Å². The Balaban J connectivity index is 1.71. The van der Waals surface area contributed by atoms with Gasteiger partial charge in [0.2, 0.25) is 11.4 Å². The topological polar surface area (TPSA) is 141 Å². The van der Waals surface area contributed by atoms with E-state index in [-0.39, 0.29) is 12.2 Å². The van der Waals surface area contributed by atoms with Gasteiger partial charge in [-0.2, -0.15) is 13.0 Å². The molecule has 0 saturated carbocycles.